The van der Waals surface area contributed by atoms with Gasteiger partial charge in [0, 0.05) is 24.5 Å². The predicted octanol–water partition coefficient (Wildman–Crippen LogP) is -0.521. The Morgan fingerprint density at radius 1 is 1.67 bits per heavy atom. The van der Waals surface area contributed by atoms with Gasteiger partial charge in [-0.3, -0.25) is 0 Å². The second-order valence-corrected chi connectivity index (χ2v) is 4.47. The average molecular weight is 207 g/mol. The standard InChI is InChI=1S/C5H9N3O2S2/c6-12(9,10)8-2-1-5-7-3-4-11-5/h3-4,8H,1-2H2,(H2,6,9,10). The lowest BCUT2D eigenvalue weighted by Gasteiger charge is -1.97. The highest BCUT2D eigenvalue weighted by atomic mass is 32.2. The summed E-state index contributed by atoms with van der Waals surface area (Å²) in [6.45, 7) is 0.298. The maximum absolute atomic E-state index is 10.4. The zero-order chi connectivity index (χ0) is 9.03. The van der Waals surface area contributed by atoms with E-state index in [2.05, 4.69) is 9.71 Å². The molecule has 1 rings (SSSR count). The third-order valence-corrected chi connectivity index (χ3v) is 2.57. The summed E-state index contributed by atoms with van der Waals surface area (Å²) in [6, 6.07) is 0. The van der Waals surface area contributed by atoms with Crippen molar-refractivity contribution >= 4 is 21.5 Å². The smallest absolute Gasteiger partial charge is 0.250 e. The van der Waals surface area contributed by atoms with Gasteiger partial charge >= 0.3 is 0 Å². The van der Waals surface area contributed by atoms with Gasteiger partial charge in [-0.25, -0.2) is 14.8 Å². The van der Waals surface area contributed by atoms with Gasteiger partial charge < -0.3 is 0 Å². The van der Waals surface area contributed by atoms with Crippen LogP contribution in [0.3, 0.4) is 0 Å². The van der Waals surface area contributed by atoms with Crippen LogP contribution in [0.4, 0.5) is 0 Å². The van der Waals surface area contributed by atoms with E-state index in [0.29, 0.717) is 13.0 Å². The van der Waals surface area contributed by atoms with E-state index in [0.717, 1.165) is 5.01 Å². The summed E-state index contributed by atoms with van der Waals surface area (Å²) in [5.41, 5.74) is 0. The summed E-state index contributed by atoms with van der Waals surface area (Å²) in [7, 11) is -3.55. The van der Waals surface area contributed by atoms with Crippen molar-refractivity contribution < 1.29 is 8.42 Å². The molecule has 1 aromatic heterocycles. The van der Waals surface area contributed by atoms with Crippen molar-refractivity contribution in [2.75, 3.05) is 6.54 Å². The number of nitrogens with one attached hydrogen (secondary N) is 1. The molecular formula is C5H9N3O2S2. The van der Waals surface area contributed by atoms with Crippen molar-refractivity contribution in [3.05, 3.63) is 16.6 Å². The fraction of sp³-hybridized carbons (Fsp3) is 0.400. The molecular weight excluding hydrogens is 198 g/mol. The molecule has 0 unspecified atom stereocenters. The minimum atomic E-state index is -3.55. The number of thiazole rings is 1. The first-order valence-corrected chi connectivity index (χ1v) is 5.66. The minimum Gasteiger partial charge on any atom is -0.250 e. The lowest BCUT2D eigenvalue weighted by molar-refractivity contribution is 0.583. The van der Waals surface area contributed by atoms with Gasteiger partial charge in [0.2, 0.25) is 0 Å². The number of aromatic nitrogens is 1. The zero-order valence-corrected chi connectivity index (χ0v) is 7.86. The first-order valence-electron chi connectivity index (χ1n) is 3.24. The second-order valence-electron chi connectivity index (χ2n) is 2.12. The lowest BCUT2D eigenvalue weighted by atomic mass is 10.5. The molecule has 3 N–H and O–H groups in total. The van der Waals surface area contributed by atoms with Crippen LogP contribution in [0.2, 0.25) is 0 Å². The Kier molecular flexibility index (Phi) is 3.15. The SMILES string of the molecule is NS(=O)(=O)NCCc1nccs1. The summed E-state index contributed by atoms with van der Waals surface area (Å²) in [5, 5.41) is 7.45. The lowest BCUT2D eigenvalue weighted by Crippen LogP contribution is -2.32. The molecule has 0 aliphatic heterocycles. The molecule has 0 atom stereocenters. The van der Waals surface area contributed by atoms with E-state index >= 15 is 0 Å². The summed E-state index contributed by atoms with van der Waals surface area (Å²) >= 11 is 1.49. The number of nitrogens with two attached hydrogens (primary N) is 1. The molecule has 12 heavy (non-hydrogen) atoms. The molecule has 1 aromatic rings. The van der Waals surface area contributed by atoms with Gasteiger partial charge in [0.05, 0.1) is 5.01 Å². The van der Waals surface area contributed by atoms with Crippen molar-refractivity contribution in [3.8, 4) is 0 Å². The Bertz CT molecular complexity index is 318. The van der Waals surface area contributed by atoms with Crippen LogP contribution >= 0.6 is 11.3 Å². The predicted molar refractivity (Wildman–Crippen MR) is 46.9 cm³/mol. The van der Waals surface area contributed by atoms with E-state index in [1.807, 2.05) is 5.38 Å². The van der Waals surface area contributed by atoms with Crippen LogP contribution < -0.4 is 9.86 Å². The number of hydrogen-bond donors (Lipinski definition) is 2. The number of nitrogens with zero attached hydrogens (tertiary/aromatic N) is 1. The molecule has 68 valence electrons. The van der Waals surface area contributed by atoms with Gasteiger partial charge in [0.15, 0.2) is 0 Å². The molecule has 0 aliphatic rings. The van der Waals surface area contributed by atoms with Gasteiger partial charge in [-0.1, -0.05) is 0 Å². The van der Waals surface area contributed by atoms with Gasteiger partial charge in [-0.05, 0) is 0 Å². The Morgan fingerprint density at radius 3 is 2.92 bits per heavy atom. The summed E-state index contributed by atoms with van der Waals surface area (Å²) in [6.07, 6.45) is 2.26. The molecule has 0 spiro atoms. The Morgan fingerprint density at radius 2 is 2.42 bits per heavy atom. The number of hydrogen-bond acceptors (Lipinski definition) is 4. The highest BCUT2D eigenvalue weighted by Crippen LogP contribution is 2.03. The van der Waals surface area contributed by atoms with Gasteiger partial charge in [-0.2, -0.15) is 8.42 Å². The molecule has 0 aromatic carbocycles. The largest absolute Gasteiger partial charge is 0.274 e. The van der Waals surface area contributed by atoms with E-state index in [-0.39, 0.29) is 0 Å². The Labute approximate surface area is 74.8 Å². The van der Waals surface area contributed by atoms with Crippen LogP contribution in [0.5, 0.6) is 0 Å². The highest BCUT2D eigenvalue weighted by molar-refractivity contribution is 7.87. The monoisotopic (exact) mass is 207 g/mol. The van der Waals surface area contributed by atoms with Crippen LogP contribution in [0.25, 0.3) is 0 Å². The quantitative estimate of drug-likeness (QED) is 0.696. The van der Waals surface area contributed by atoms with Crippen LogP contribution in [0.15, 0.2) is 11.6 Å². The topological polar surface area (TPSA) is 85.1 Å². The summed E-state index contributed by atoms with van der Waals surface area (Å²) in [5.74, 6) is 0. The molecule has 0 radical (unpaired) electrons. The zero-order valence-electron chi connectivity index (χ0n) is 6.23. The number of rotatable bonds is 4. The van der Waals surface area contributed by atoms with E-state index in [1.165, 1.54) is 11.3 Å². The van der Waals surface area contributed by atoms with E-state index in [9.17, 15) is 8.42 Å². The van der Waals surface area contributed by atoms with Crippen LogP contribution in [-0.2, 0) is 16.6 Å². The average Bonchev–Trinajstić information content (AvgIpc) is 2.36. The van der Waals surface area contributed by atoms with Crippen molar-refractivity contribution in [1.29, 1.82) is 0 Å². The third-order valence-electron chi connectivity index (χ3n) is 1.13. The Balaban J connectivity index is 2.29. The van der Waals surface area contributed by atoms with Crippen molar-refractivity contribution in [3.63, 3.8) is 0 Å². The minimum absolute atomic E-state index is 0.298. The summed E-state index contributed by atoms with van der Waals surface area (Å²) < 4.78 is 23.0. The molecule has 0 fully saturated rings. The van der Waals surface area contributed by atoms with Crippen LogP contribution in [0, 0.1) is 0 Å². The van der Waals surface area contributed by atoms with E-state index in [4.69, 9.17) is 5.14 Å². The fourth-order valence-corrected chi connectivity index (χ4v) is 1.68. The van der Waals surface area contributed by atoms with E-state index in [1.54, 1.807) is 6.20 Å². The maximum Gasteiger partial charge on any atom is 0.274 e. The van der Waals surface area contributed by atoms with Gasteiger partial charge in [0.25, 0.3) is 10.2 Å². The first-order chi connectivity index (χ1) is 5.58. The molecule has 0 saturated heterocycles. The molecule has 0 bridgehead atoms. The Hall–Kier alpha value is -0.500. The molecule has 0 saturated carbocycles. The summed E-state index contributed by atoms with van der Waals surface area (Å²) in [4.78, 5) is 3.98. The normalized spacial score (nSPS) is 11.8. The molecule has 5 nitrogen and oxygen atoms in total. The van der Waals surface area contributed by atoms with Gasteiger partial charge in [0.1, 0.15) is 0 Å². The van der Waals surface area contributed by atoms with Crippen molar-refractivity contribution in [2.24, 2.45) is 5.14 Å². The maximum atomic E-state index is 10.4. The highest BCUT2D eigenvalue weighted by Gasteiger charge is 2.00. The first kappa shape index (κ1) is 9.59. The third kappa shape index (κ3) is 3.77. The molecule has 0 amide bonds. The van der Waals surface area contributed by atoms with Crippen LogP contribution in [0.1, 0.15) is 5.01 Å². The molecule has 1 heterocycles. The second kappa shape index (κ2) is 3.94. The fourth-order valence-electron chi connectivity index (χ4n) is 0.677. The van der Waals surface area contributed by atoms with Gasteiger partial charge in [-0.15, -0.1) is 11.3 Å². The molecule has 7 heteroatoms. The van der Waals surface area contributed by atoms with Crippen LogP contribution in [-0.4, -0.2) is 19.9 Å². The van der Waals surface area contributed by atoms with E-state index < -0.39 is 10.2 Å². The van der Waals surface area contributed by atoms with Crippen molar-refractivity contribution in [1.82, 2.24) is 9.71 Å². The molecule has 0 aliphatic carbocycles. The van der Waals surface area contributed by atoms with Crippen molar-refractivity contribution in [2.45, 2.75) is 6.42 Å².